The number of nitrogens with two attached hydrogens (primary N) is 1. The summed E-state index contributed by atoms with van der Waals surface area (Å²) in [6, 6.07) is 1.94. The van der Waals surface area contributed by atoms with Gasteiger partial charge in [-0.15, -0.1) is 0 Å². The van der Waals surface area contributed by atoms with Crippen molar-refractivity contribution in [2.45, 2.75) is 20.3 Å². The van der Waals surface area contributed by atoms with Crippen molar-refractivity contribution >= 4 is 33.3 Å². The molecule has 0 aliphatic rings. The summed E-state index contributed by atoms with van der Waals surface area (Å²) in [6.45, 7) is 4.57. The highest BCUT2D eigenvalue weighted by Gasteiger charge is 2.17. The minimum atomic E-state index is -0.234. The number of hydrogen-bond acceptors (Lipinski definition) is 3. The Bertz CT molecular complexity index is 606. The molecular weight excluding hydrogens is 296 g/mol. The first-order chi connectivity index (χ1) is 8.54. The molecule has 0 saturated heterocycles. The molecule has 2 aromatic heterocycles. The van der Waals surface area contributed by atoms with Crippen LogP contribution in [0.2, 0.25) is 0 Å². The molecule has 0 unspecified atom stereocenters. The van der Waals surface area contributed by atoms with Crippen LogP contribution in [0, 0.1) is 6.92 Å². The van der Waals surface area contributed by atoms with Gasteiger partial charge in [-0.2, -0.15) is 0 Å². The van der Waals surface area contributed by atoms with E-state index >= 15 is 0 Å². The molecule has 0 atom stereocenters. The summed E-state index contributed by atoms with van der Waals surface area (Å²) < 4.78 is 2.55. The molecule has 0 aromatic carbocycles. The summed E-state index contributed by atoms with van der Waals surface area (Å²) in [5.74, 6) is 0.130. The topological polar surface area (TPSA) is 72.4 Å². The maximum Gasteiger partial charge on any atom is 0.273 e. The second-order valence-electron chi connectivity index (χ2n) is 4.16. The minimum Gasteiger partial charge on any atom is -0.383 e. The predicted molar refractivity (Wildman–Crippen MR) is 74.7 cm³/mol. The lowest BCUT2D eigenvalue weighted by Crippen LogP contribution is -2.25. The van der Waals surface area contributed by atoms with Gasteiger partial charge < -0.3 is 11.1 Å². The number of fused-ring (bicyclic) bond motifs is 1. The maximum absolute atomic E-state index is 11.9. The number of carbonyl (C=O) groups excluding carboxylic acids is 1. The lowest BCUT2D eigenvalue weighted by atomic mass is 10.3. The maximum atomic E-state index is 11.9. The third kappa shape index (κ3) is 2.20. The SMILES string of the molecule is CCCNC(=O)c1nc2c(Br)cc(C)cn2c1N. The van der Waals surface area contributed by atoms with E-state index < -0.39 is 0 Å². The van der Waals surface area contributed by atoms with Crippen molar-refractivity contribution in [2.75, 3.05) is 12.3 Å². The number of nitrogen functional groups attached to an aromatic ring is 1. The third-order valence-corrected chi connectivity index (χ3v) is 3.18. The van der Waals surface area contributed by atoms with Crippen molar-refractivity contribution in [1.82, 2.24) is 14.7 Å². The number of aryl methyl sites for hydroxylation is 1. The van der Waals surface area contributed by atoms with Crippen molar-refractivity contribution in [3.05, 3.63) is 28.0 Å². The van der Waals surface area contributed by atoms with Crippen LogP contribution < -0.4 is 11.1 Å². The van der Waals surface area contributed by atoms with Gasteiger partial charge in [-0.1, -0.05) is 6.92 Å². The predicted octanol–water partition coefficient (Wildman–Crippen LogP) is 2.13. The van der Waals surface area contributed by atoms with Gasteiger partial charge in [0.25, 0.3) is 5.91 Å². The Balaban J connectivity index is 2.50. The van der Waals surface area contributed by atoms with E-state index in [9.17, 15) is 4.79 Å². The molecule has 0 fully saturated rings. The Morgan fingerprint density at radius 2 is 2.33 bits per heavy atom. The quantitative estimate of drug-likeness (QED) is 0.912. The molecule has 0 aliphatic carbocycles. The minimum absolute atomic E-state index is 0.234. The van der Waals surface area contributed by atoms with Crippen LogP contribution in [-0.2, 0) is 0 Å². The highest BCUT2D eigenvalue weighted by molar-refractivity contribution is 9.10. The number of nitrogens with zero attached hydrogens (tertiary/aromatic N) is 2. The Kier molecular flexibility index (Phi) is 3.56. The van der Waals surface area contributed by atoms with E-state index in [4.69, 9.17) is 5.73 Å². The van der Waals surface area contributed by atoms with Crippen molar-refractivity contribution in [1.29, 1.82) is 0 Å². The lowest BCUT2D eigenvalue weighted by Gasteiger charge is -2.02. The zero-order valence-corrected chi connectivity index (χ0v) is 11.9. The number of nitrogens with one attached hydrogen (secondary N) is 1. The molecule has 3 N–H and O–H groups in total. The van der Waals surface area contributed by atoms with Gasteiger partial charge >= 0.3 is 0 Å². The van der Waals surface area contributed by atoms with Crippen LogP contribution >= 0.6 is 15.9 Å². The van der Waals surface area contributed by atoms with Gasteiger partial charge in [0.2, 0.25) is 0 Å². The number of amides is 1. The Labute approximate surface area is 114 Å². The van der Waals surface area contributed by atoms with E-state index in [1.807, 2.05) is 26.1 Å². The molecule has 0 spiro atoms. The van der Waals surface area contributed by atoms with Crippen LogP contribution in [0.25, 0.3) is 5.65 Å². The number of imidazole rings is 1. The number of carbonyl (C=O) groups is 1. The van der Waals surface area contributed by atoms with Gasteiger partial charge in [0.05, 0.1) is 4.47 Å². The lowest BCUT2D eigenvalue weighted by molar-refractivity contribution is 0.0950. The van der Waals surface area contributed by atoms with Crippen LogP contribution in [0.4, 0.5) is 5.82 Å². The number of halogens is 1. The normalized spacial score (nSPS) is 10.8. The van der Waals surface area contributed by atoms with E-state index in [2.05, 4.69) is 26.2 Å². The first-order valence-corrected chi connectivity index (χ1v) is 6.55. The van der Waals surface area contributed by atoms with Crippen molar-refractivity contribution in [2.24, 2.45) is 0 Å². The molecule has 6 heteroatoms. The molecule has 0 aliphatic heterocycles. The molecule has 18 heavy (non-hydrogen) atoms. The molecular formula is C12H15BrN4O. The summed E-state index contributed by atoms with van der Waals surface area (Å²) in [6.07, 6.45) is 2.74. The van der Waals surface area contributed by atoms with Crippen LogP contribution in [-0.4, -0.2) is 21.8 Å². The molecule has 2 heterocycles. The van der Waals surface area contributed by atoms with Gasteiger partial charge in [0.15, 0.2) is 11.3 Å². The smallest absolute Gasteiger partial charge is 0.273 e. The molecule has 2 aromatic rings. The van der Waals surface area contributed by atoms with Crippen molar-refractivity contribution in [3.63, 3.8) is 0 Å². The second-order valence-corrected chi connectivity index (χ2v) is 5.01. The van der Waals surface area contributed by atoms with E-state index in [0.29, 0.717) is 18.0 Å². The summed E-state index contributed by atoms with van der Waals surface area (Å²) in [4.78, 5) is 16.2. The highest BCUT2D eigenvalue weighted by Crippen LogP contribution is 2.23. The van der Waals surface area contributed by atoms with Gasteiger partial charge in [-0.3, -0.25) is 9.20 Å². The van der Waals surface area contributed by atoms with Gasteiger partial charge in [-0.25, -0.2) is 4.98 Å². The van der Waals surface area contributed by atoms with Gasteiger partial charge in [-0.05, 0) is 40.9 Å². The molecule has 5 nitrogen and oxygen atoms in total. The Morgan fingerprint density at radius 3 is 3.00 bits per heavy atom. The summed E-state index contributed by atoms with van der Waals surface area (Å²) in [5, 5.41) is 2.77. The third-order valence-electron chi connectivity index (χ3n) is 2.60. The van der Waals surface area contributed by atoms with Crippen LogP contribution in [0.3, 0.4) is 0 Å². The van der Waals surface area contributed by atoms with E-state index in [-0.39, 0.29) is 11.6 Å². The highest BCUT2D eigenvalue weighted by atomic mass is 79.9. The number of rotatable bonds is 3. The summed E-state index contributed by atoms with van der Waals surface area (Å²) >= 11 is 3.43. The zero-order chi connectivity index (χ0) is 13.3. The van der Waals surface area contributed by atoms with E-state index in [1.54, 1.807) is 4.40 Å². The van der Waals surface area contributed by atoms with Crippen LogP contribution in [0.15, 0.2) is 16.7 Å². The van der Waals surface area contributed by atoms with Gasteiger partial charge in [0, 0.05) is 12.7 Å². The standard InChI is InChI=1S/C12H15BrN4O/c1-3-4-15-12(18)9-10(14)17-6-7(2)5-8(13)11(17)16-9/h5-6H,3-4,14H2,1-2H3,(H,15,18). The van der Waals surface area contributed by atoms with Gasteiger partial charge in [0.1, 0.15) is 5.82 Å². The average Bonchev–Trinajstić information content (AvgIpc) is 2.65. The second kappa shape index (κ2) is 4.97. The first kappa shape index (κ1) is 12.9. The van der Waals surface area contributed by atoms with Crippen LogP contribution in [0.1, 0.15) is 29.4 Å². The summed E-state index contributed by atoms with van der Waals surface area (Å²) in [5.41, 5.74) is 7.93. The fraction of sp³-hybridized carbons (Fsp3) is 0.333. The first-order valence-electron chi connectivity index (χ1n) is 5.76. The molecule has 0 bridgehead atoms. The molecule has 1 amide bonds. The zero-order valence-electron chi connectivity index (χ0n) is 10.3. The fourth-order valence-corrected chi connectivity index (χ4v) is 2.38. The van der Waals surface area contributed by atoms with Crippen LogP contribution in [0.5, 0.6) is 0 Å². The van der Waals surface area contributed by atoms with Crippen molar-refractivity contribution < 1.29 is 4.79 Å². The number of anilines is 1. The summed E-state index contributed by atoms with van der Waals surface area (Å²) in [7, 11) is 0. The number of pyridine rings is 1. The molecule has 0 saturated carbocycles. The number of aromatic nitrogens is 2. The molecule has 0 radical (unpaired) electrons. The largest absolute Gasteiger partial charge is 0.383 e. The Morgan fingerprint density at radius 1 is 1.61 bits per heavy atom. The number of hydrogen-bond donors (Lipinski definition) is 2. The molecule has 2 rings (SSSR count). The van der Waals surface area contributed by atoms with E-state index in [0.717, 1.165) is 16.5 Å². The van der Waals surface area contributed by atoms with E-state index in [1.165, 1.54) is 0 Å². The monoisotopic (exact) mass is 310 g/mol. The Hall–Kier alpha value is -1.56. The fourth-order valence-electron chi connectivity index (χ4n) is 1.74. The average molecular weight is 311 g/mol. The van der Waals surface area contributed by atoms with Crippen molar-refractivity contribution in [3.8, 4) is 0 Å². The molecule has 96 valence electrons.